The molecule has 0 saturated carbocycles. The second kappa shape index (κ2) is 14.8. The summed E-state index contributed by atoms with van der Waals surface area (Å²) in [6.07, 6.45) is 2.31. The minimum atomic E-state index is -0.0721. The minimum absolute atomic E-state index is 0.0171. The first-order valence-corrected chi connectivity index (χ1v) is 24.8. The molecule has 0 amide bonds. The van der Waals surface area contributed by atoms with Gasteiger partial charge in [-0.2, -0.15) is 11.3 Å². The Morgan fingerprint density at radius 1 is 0.508 bits per heavy atom. The Morgan fingerprint density at radius 3 is 1.55 bits per heavy atom. The molecule has 65 heavy (non-hydrogen) atoms. The highest BCUT2D eigenvalue weighted by molar-refractivity contribution is 7.29. The van der Waals surface area contributed by atoms with Gasteiger partial charge in [0.2, 0.25) is 0 Å². The van der Waals surface area contributed by atoms with Gasteiger partial charge in [-0.05, 0) is 139 Å². The summed E-state index contributed by atoms with van der Waals surface area (Å²) in [7, 11) is 0. The zero-order chi connectivity index (χ0) is 46.2. The van der Waals surface area contributed by atoms with Gasteiger partial charge in [0, 0.05) is 43.5 Å². The Balaban J connectivity index is 1.40. The van der Waals surface area contributed by atoms with Crippen LogP contribution >= 0.6 is 11.3 Å². The predicted molar refractivity (Wildman–Crippen MR) is 285 cm³/mol. The van der Waals surface area contributed by atoms with Gasteiger partial charge in [-0.25, -0.2) is 0 Å². The van der Waals surface area contributed by atoms with E-state index in [0.717, 1.165) is 6.42 Å². The van der Waals surface area contributed by atoms with Crippen LogP contribution in [-0.4, -0.2) is 6.71 Å². The van der Waals surface area contributed by atoms with Crippen molar-refractivity contribution < 1.29 is 0 Å². The predicted octanol–water partition coefficient (Wildman–Crippen LogP) is 15.7. The number of hydrogen-bond donors (Lipinski definition) is 0. The van der Waals surface area contributed by atoms with Crippen molar-refractivity contribution in [3.8, 4) is 22.3 Å². The molecule has 0 spiro atoms. The smallest absolute Gasteiger partial charge is 0.264 e. The van der Waals surface area contributed by atoms with E-state index < -0.39 is 0 Å². The van der Waals surface area contributed by atoms with Crippen molar-refractivity contribution in [1.82, 2.24) is 0 Å². The van der Waals surface area contributed by atoms with E-state index in [4.69, 9.17) is 0 Å². The summed E-state index contributed by atoms with van der Waals surface area (Å²) < 4.78 is 1.48. The molecule has 1 aromatic heterocycles. The van der Waals surface area contributed by atoms with Crippen LogP contribution in [-0.2, 0) is 27.1 Å². The lowest BCUT2D eigenvalue weighted by molar-refractivity contribution is 0.339. The van der Waals surface area contributed by atoms with Gasteiger partial charge in [-0.1, -0.05) is 175 Å². The van der Waals surface area contributed by atoms with Gasteiger partial charge in [-0.3, -0.25) is 0 Å². The lowest BCUT2D eigenvalue weighted by Gasteiger charge is -2.46. The van der Waals surface area contributed by atoms with Crippen LogP contribution in [0.4, 0.5) is 34.1 Å². The number of rotatable bonds is 4. The maximum atomic E-state index is 2.80. The first kappa shape index (κ1) is 43.6. The van der Waals surface area contributed by atoms with Gasteiger partial charge in [0.15, 0.2) is 0 Å². The molecule has 0 fully saturated rings. The SMILES string of the molecule is Cc1cc2c3c(c1)N(c1c(-c4ccccc4)cc(C(C)(C)C)cc1-c1ccccc1)c1c(sc4c1C(C)(C)CCC4(C)C)B3c1cc(C(C)(C)C)ccc1N2c1ccc(C(C)(C)C)cc1. The van der Waals surface area contributed by atoms with Crippen LogP contribution in [0.5, 0.6) is 0 Å². The molecule has 3 heterocycles. The van der Waals surface area contributed by atoms with E-state index in [2.05, 4.69) is 245 Å². The molecular formula is C61H67BN2S. The first-order chi connectivity index (χ1) is 30.5. The average molecular weight is 871 g/mol. The molecule has 1 aliphatic carbocycles. The number of hydrogen-bond acceptors (Lipinski definition) is 3. The first-order valence-electron chi connectivity index (χ1n) is 24.0. The zero-order valence-corrected chi connectivity index (χ0v) is 42.2. The third-order valence-electron chi connectivity index (χ3n) is 14.9. The van der Waals surface area contributed by atoms with Crippen molar-refractivity contribution in [3.63, 3.8) is 0 Å². The molecule has 0 unspecified atom stereocenters. The fourth-order valence-corrected chi connectivity index (χ4v) is 12.7. The van der Waals surface area contributed by atoms with Gasteiger partial charge < -0.3 is 9.80 Å². The van der Waals surface area contributed by atoms with Crippen molar-refractivity contribution in [1.29, 1.82) is 0 Å². The van der Waals surface area contributed by atoms with Crippen LogP contribution in [0.25, 0.3) is 22.3 Å². The number of fused-ring (bicyclic) bond motifs is 6. The van der Waals surface area contributed by atoms with Crippen molar-refractivity contribution in [2.75, 3.05) is 9.80 Å². The van der Waals surface area contributed by atoms with Crippen LogP contribution < -0.4 is 25.5 Å². The summed E-state index contributed by atoms with van der Waals surface area (Å²) in [6.45, 7) is 33.5. The van der Waals surface area contributed by atoms with Crippen LogP contribution in [0.3, 0.4) is 0 Å². The molecular weight excluding hydrogens is 804 g/mol. The Hall–Kier alpha value is -5.32. The molecule has 2 aliphatic heterocycles. The fourth-order valence-electron chi connectivity index (χ4n) is 11.0. The van der Waals surface area contributed by atoms with Crippen molar-refractivity contribution in [3.05, 3.63) is 160 Å². The maximum Gasteiger partial charge on any atom is 0.264 e. The summed E-state index contributed by atoms with van der Waals surface area (Å²) in [4.78, 5) is 6.95. The Morgan fingerprint density at radius 2 is 1.02 bits per heavy atom. The molecule has 0 saturated heterocycles. The van der Waals surface area contributed by atoms with Crippen molar-refractivity contribution >= 4 is 67.9 Å². The molecule has 2 nitrogen and oxygen atoms in total. The van der Waals surface area contributed by atoms with Crippen LogP contribution in [0, 0.1) is 6.92 Å². The molecule has 3 aliphatic rings. The third-order valence-corrected chi connectivity index (χ3v) is 16.5. The van der Waals surface area contributed by atoms with E-state index in [1.807, 2.05) is 0 Å². The molecule has 4 heteroatoms. The summed E-state index contributed by atoms with van der Waals surface area (Å²) in [5, 5.41) is 0. The quantitative estimate of drug-likeness (QED) is 0.163. The molecule has 10 rings (SSSR count). The summed E-state index contributed by atoms with van der Waals surface area (Å²) in [5.41, 5.74) is 22.3. The fraction of sp³-hybridized carbons (Fsp3) is 0.344. The second-order valence-electron chi connectivity index (χ2n) is 23.8. The monoisotopic (exact) mass is 871 g/mol. The topological polar surface area (TPSA) is 6.48 Å². The van der Waals surface area contributed by atoms with Crippen molar-refractivity contribution in [2.45, 2.75) is 137 Å². The van der Waals surface area contributed by atoms with Crippen LogP contribution in [0.1, 0.15) is 136 Å². The lowest BCUT2D eigenvalue weighted by Crippen LogP contribution is -2.61. The number of anilines is 6. The summed E-state index contributed by atoms with van der Waals surface area (Å²) in [6, 6.07) is 49.3. The normalized spacial score (nSPS) is 16.2. The third kappa shape index (κ3) is 7.12. The van der Waals surface area contributed by atoms with E-state index in [1.54, 1.807) is 4.88 Å². The molecule has 330 valence electrons. The van der Waals surface area contributed by atoms with E-state index in [-0.39, 0.29) is 33.8 Å². The molecule has 0 N–H and O–H groups in total. The Kier molecular flexibility index (Phi) is 9.95. The van der Waals surface area contributed by atoms with E-state index in [0.29, 0.717) is 0 Å². The van der Waals surface area contributed by atoms with E-state index in [9.17, 15) is 0 Å². The highest BCUT2D eigenvalue weighted by Crippen LogP contribution is 2.58. The van der Waals surface area contributed by atoms with E-state index in [1.165, 1.54) is 106 Å². The van der Waals surface area contributed by atoms with Gasteiger partial charge in [-0.15, -0.1) is 0 Å². The summed E-state index contributed by atoms with van der Waals surface area (Å²) in [5.74, 6) is 0. The number of benzene rings is 6. The average Bonchev–Trinajstić information content (AvgIpc) is 3.67. The maximum absolute atomic E-state index is 2.80. The van der Waals surface area contributed by atoms with Gasteiger partial charge in [0.1, 0.15) is 0 Å². The number of aryl methyl sites for hydroxylation is 1. The van der Waals surface area contributed by atoms with Crippen LogP contribution in [0.2, 0.25) is 0 Å². The Bertz CT molecular complexity index is 2930. The summed E-state index contributed by atoms with van der Waals surface area (Å²) >= 11 is 2.12. The number of thiophene rings is 1. The largest absolute Gasteiger partial charge is 0.311 e. The Labute approximate surface area is 394 Å². The van der Waals surface area contributed by atoms with Crippen molar-refractivity contribution in [2.24, 2.45) is 0 Å². The van der Waals surface area contributed by atoms with Gasteiger partial charge in [0.05, 0.1) is 11.4 Å². The zero-order valence-electron chi connectivity index (χ0n) is 41.4. The van der Waals surface area contributed by atoms with E-state index >= 15 is 0 Å². The standard InChI is InChI=1S/C61H67BN2S/c1-38-33-49-52-50(34-38)64(53-45(39-21-17-15-18-22-39)35-43(59(8,9)10)36-46(53)40-23-19-16-20-24-40)54-51-55(61(13,14)32-31-60(51,11)12)65-56(54)62(52)47-37-42(58(5,6)7)27-30-48(47)63(49)44-28-25-41(26-29-44)57(2,3)4/h15-30,33-37H,31-32H2,1-14H3. The molecule has 0 radical (unpaired) electrons. The minimum Gasteiger partial charge on any atom is -0.311 e. The molecule has 0 bridgehead atoms. The highest BCUT2D eigenvalue weighted by Gasteiger charge is 2.51. The number of nitrogens with zero attached hydrogens (tertiary/aromatic N) is 2. The molecule has 7 aromatic rings. The van der Waals surface area contributed by atoms with Gasteiger partial charge in [0.25, 0.3) is 6.71 Å². The second-order valence-corrected chi connectivity index (χ2v) is 24.9. The molecule has 6 aromatic carbocycles. The highest BCUT2D eigenvalue weighted by atomic mass is 32.1. The molecule has 0 atom stereocenters. The lowest BCUT2D eigenvalue weighted by atomic mass is 9.35. The van der Waals surface area contributed by atoms with Crippen LogP contribution in [0.15, 0.2) is 127 Å². The van der Waals surface area contributed by atoms with Gasteiger partial charge >= 0.3 is 0 Å².